The van der Waals surface area contributed by atoms with E-state index < -0.39 is 0 Å². The third kappa shape index (κ3) is 1.76. The summed E-state index contributed by atoms with van der Waals surface area (Å²) in [6.45, 7) is 6.61. The van der Waals surface area contributed by atoms with Gasteiger partial charge in [-0.3, -0.25) is 0 Å². The molecule has 1 atom stereocenters. The van der Waals surface area contributed by atoms with Crippen molar-refractivity contribution in [2.45, 2.75) is 27.3 Å². The van der Waals surface area contributed by atoms with E-state index in [4.69, 9.17) is 5.26 Å². The molecule has 4 nitrogen and oxygen atoms in total. The Morgan fingerprint density at radius 2 is 2.06 bits per heavy atom. The highest BCUT2D eigenvalue weighted by Gasteiger charge is 2.09. The molecule has 0 spiro atoms. The predicted octanol–water partition coefficient (Wildman–Crippen LogP) is 2.21. The SMILES string of the molecule is Cc1cc2nnn(CC(C)C#N)c2cc1C. The summed E-state index contributed by atoms with van der Waals surface area (Å²) in [4.78, 5) is 0. The Morgan fingerprint density at radius 3 is 2.75 bits per heavy atom. The lowest BCUT2D eigenvalue weighted by atomic mass is 10.1. The number of aryl methyl sites for hydroxylation is 2. The van der Waals surface area contributed by atoms with Crippen LogP contribution < -0.4 is 0 Å². The van der Waals surface area contributed by atoms with Crippen molar-refractivity contribution in [3.63, 3.8) is 0 Å². The van der Waals surface area contributed by atoms with E-state index in [1.807, 2.05) is 13.0 Å². The quantitative estimate of drug-likeness (QED) is 0.770. The second kappa shape index (κ2) is 3.93. The van der Waals surface area contributed by atoms with Crippen molar-refractivity contribution >= 4 is 11.0 Å². The van der Waals surface area contributed by atoms with Crippen LogP contribution in [0.15, 0.2) is 12.1 Å². The minimum atomic E-state index is -0.0495. The van der Waals surface area contributed by atoms with Gasteiger partial charge in [0.2, 0.25) is 0 Å². The van der Waals surface area contributed by atoms with Crippen LogP contribution in [0.3, 0.4) is 0 Å². The zero-order valence-corrected chi connectivity index (χ0v) is 9.73. The Bertz CT molecular complexity index is 562. The Balaban J connectivity index is 2.49. The van der Waals surface area contributed by atoms with E-state index >= 15 is 0 Å². The van der Waals surface area contributed by atoms with Crippen LogP contribution in [0.25, 0.3) is 11.0 Å². The van der Waals surface area contributed by atoms with Gasteiger partial charge < -0.3 is 0 Å². The van der Waals surface area contributed by atoms with Crippen molar-refractivity contribution in [3.05, 3.63) is 23.3 Å². The van der Waals surface area contributed by atoms with Crippen molar-refractivity contribution in [1.29, 1.82) is 5.26 Å². The molecule has 0 radical (unpaired) electrons. The van der Waals surface area contributed by atoms with Gasteiger partial charge in [0.15, 0.2) is 0 Å². The number of hydrogen-bond donors (Lipinski definition) is 0. The maximum absolute atomic E-state index is 8.79. The highest BCUT2D eigenvalue weighted by molar-refractivity contribution is 5.76. The van der Waals surface area contributed by atoms with Gasteiger partial charge in [-0.05, 0) is 44.0 Å². The molecule has 1 aromatic carbocycles. The lowest BCUT2D eigenvalue weighted by molar-refractivity contribution is 0.526. The van der Waals surface area contributed by atoms with E-state index in [1.54, 1.807) is 4.68 Å². The summed E-state index contributed by atoms with van der Waals surface area (Å²) in [5, 5.41) is 17.0. The molecule has 2 rings (SSSR count). The molecule has 82 valence electrons. The molecule has 0 N–H and O–H groups in total. The smallest absolute Gasteiger partial charge is 0.113 e. The normalized spacial score (nSPS) is 12.6. The maximum atomic E-state index is 8.79. The van der Waals surface area contributed by atoms with Crippen molar-refractivity contribution in [1.82, 2.24) is 15.0 Å². The Morgan fingerprint density at radius 1 is 1.38 bits per heavy atom. The van der Waals surface area contributed by atoms with E-state index in [9.17, 15) is 0 Å². The molecule has 0 amide bonds. The van der Waals surface area contributed by atoms with Gasteiger partial charge in [-0.15, -0.1) is 5.10 Å². The molecule has 1 heterocycles. The van der Waals surface area contributed by atoms with Gasteiger partial charge in [-0.2, -0.15) is 5.26 Å². The van der Waals surface area contributed by atoms with Crippen LogP contribution in [0.1, 0.15) is 18.1 Å². The van der Waals surface area contributed by atoms with Crippen LogP contribution in [0.4, 0.5) is 0 Å². The fraction of sp³-hybridized carbons (Fsp3) is 0.417. The lowest BCUT2D eigenvalue weighted by Gasteiger charge is -2.04. The molecule has 0 bridgehead atoms. The van der Waals surface area contributed by atoms with Gasteiger partial charge in [0, 0.05) is 0 Å². The van der Waals surface area contributed by atoms with Crippen LogP contribution in [0.2, 0.25) is 0 Å². The second-order valence-electron chi connectivity index (χ2n) is 4.23. The minimum Gasteiger partial charge on any atom is -0.243 e. The maximum Gasteiger partial charge on any atom is 0.113 e. The molecule has 0 saturated carbocycles. The summed E-state index contributed by atoms with van der Waals surface area (Å²) in [6.07, 6.45) is 0. The van der Waals surface area contributed by atoms with Crippen molar-refractivity contribution in [2.75, 3.05) is 0 Å². The number of benzene rings is 1. The topological polar surface area (TPSA) is 54.5 Å². The van der Waals surface area contributed by atoms with Gasteiger partial charge >= 0.3 is 0 Å². The Kier molecular flexibility index (Phi) is 2.61. The molecule has 0 saturated heterocycles. The zero-order valence-electron chi connectivity index (χ0n) is 9.73. The minimum absolute atomic E-state index is 0.0495. The summed E-state index contributed by atoms with van der Waals surface area (Å²) in [6, 6.07) is 6.32. The molecule has 16 heavy (non-hydrogen) atoms. The van der Waals surface area contributed by atoms with Gasteiger partial charge in [0.1, 0.15) is 5.52 Å². The Labute approximate surface area is 94.5 Å². The van der Waals surface area contributed by atoms with E-state index in [0.717, 1.165) is 11.0 Å². The first kappa shape index (κ1) is 10.6. The number of rotatable bonds is 2. The van der Waals surface area contributed by atoms with E-state index in [0.29, 0.717) is 6.54 Å². The van der Waals surface area contributed by atoms with E-state index in [1.165, 1.54) is 11.1 Å². The molecule has 4 heteroatoms. The van der Waals surface area contributed by atoms with Crippen molar-refractivity contribution in [3.8, 4) is 6.07 Å². The average Bonchev–Trinajstić information content (AvgIpc) is 2.62. The van der Waals surface area contributed by atoms with Crippen LogP contribution in [-0.2, 0) is 6.54 Å². The zero-order chi connectivity index (χ0) is 11.7. The van der Waals surface area contributed by atoms with Crippen LogP contribution >= 0.6 is 0 Å². The molecule has 1 aromatic heterocycles. The number of hydrogen-bond acceptors (Lipinski definition) is 3. The largest absolute Gasteiger partial charge is 0.243 e. The molecule has 0 fully saturated rings. The first-order chi connectivity index (χ1) is 7.61. The molecular formula is C12H14N4. The Hall–Kier alpha value is -1.89. The van der Waals surface area contributed by atoms with Crippen LogP contribution in [0, 0.1) is 31.1 Å². The highest BCUT2D eigenvalue weighted by atomic mass is 15.4. The fourth-order valence-electron chi connectivity index (χ4n) is 1.66. The first-order valence-corrected chi connectivity index (χ1v) is 5.32. The molecule has 0 aliphatic carbocycles. The third-order valence-electron chi connectivity index (χ3n) is 2.80. The summed E-state index contributed by atoms with van der Waals surface area (Å²) in [5.74, 6) is -0.0495. The lowest BCUT2D eigenvalue weighted by Crippen LogP contribution is -2.07. The van der Waals surface area contributed by atoms with Crippen molar-refractivity contribution in [2.24, 2.45) is 5.92 Å². The molecule has 2 aromatic rings. The average molecular weight is 214 g/mol. The monoisotopic (exact) mass is 214 g/mol. The molecule has 0 aliphatic heterocycles. The van der Waals surface area contributed by atoms with Gasteiger partial charge in [0.25, 0.3) is 0 Å². The summed E-state index contributed by atoms with van der Waals surface area (Å²) < 4.78 is 1.80. The molecular weight excluding hydrogens is 200 g/mol. The second-order valence-corrected chi connectivity index (χ2v) is 4.23. The molecule has 0 aliphatic rings. The fourth-order valence-corrected chi connectivity index (χ4v) is 1.66. The summed E-state index contributed by atoms with van der Waals surface area (Å²) in [7, 11) is 0. The number of nitriles is 1. The van der Waals surface area contributed by atoms with Crippen LogP contribution in [0.5, 0.6) is 0 Å². The van der Waals surface area contributed by atoms with Gasteiger partial charge in [-0.25, -0.2) is 4.68 Å². The standard InChI is InChI=1S/C12H14N4/c1-8(6-13)7-16-12-5-10(3)9(2)4-11(12)14-15-16/h4-5,8H,7H2,1-3H3. The number of fused-ring (bicyclic) bond motifs is 1. The first-order valence-electron chi connectivity index (χ1n) is 5.32. The van der Waals surface area contributed by atoms with Crippen LogP contribution in [-0.4, -0.2) is 15.0 Å². The molecule has 1 unspecified atom stereocenters. The number of nitrogens with zero attached hydrogens (tertiary/aromatic N) is 4. The van der Waals surface area contributed by atoms with E-state index in [-0.39, 0.29) is 5.92 Å². The summed E-state index contributed by atoms with van der Waals surface area (Å²) >= 11 is 0. The van der Waals surface area contributed by atoms with E-state index in [2.05, 4.69) is 36.3 Å². The highest BCUT2D eigenvalue weighted by Crippen LogP contribution is 2.17. The number of aromatic nitrogens is 3. The predicted molar refractivity (Wildman–Crippen MR) is 61.8 cm³/mol. The van der Waals surface area contributed by atoms with Gasteiger partial charge in [0.05, 0.1) is 24.0 Å². The van der Waals surface area contributed by atoms with Crippen molar-refractivity contribution < 1.29 is 0 Å². The third-order valence-corrected chi connectivity index (χ3v) is 2.80. The summed E-state index contributed by atoms with van der Waals surface area (Å²) in [5.41, 5.74) is 4.34. The van der Waals surface area contributed by atoms with Gasteiger partial charge in [-0.1, -0.05) is 5.21 Å².